The summed E-state index contributed by atoms with van der Waals surface area (Å²) in [6.45, 7) is 0.0440. The fraction of sp³-hybridized carbons (Fsp3) is 0.429. The summed E-state index contributed by atoms with van der Waals surface area (Å²) in [5.41, 5.74) is 0. The number of aliphatic hydroxyl groups excluding tert-OH is 1. The monoisotopic (exact) mass is 171 g/mol. The van der Waals surface area contributed by atoms with Crippen LogP contribution in [0.3, 0.4) is 0 Å². The average Bonchev–Trinajstić information content (AvgIpc) is 2.28. The number of amides is 2. The van der Waals surface area contributed by atoms with Crippen LogP contribution in [0.15, 0.2) is 12.2 Å². The normalized spacial score (nSPS) is 16.8. The van der Waals surface area contributed by atoms with Crippen LogP contribution in [0.25, 0.3) is 0 Å². The molecule has 66 valence electrons. The zero-order valence-electron chi connectivity index (χ0n) is 6.30. The second-order valence-corrected chi connectivity index (χ2v) is 2.43. The molecule has 1 heterocycles. The molecule has 2 amide bonds. The lowest BCUT2D eigenvalue weighted by atomic mass is 10.4. The molecule has 0 aromatic carbocycles. The standard InChI is InChI=1S/C7H9NO4/c9-5-1-2-6(10)8(5)4-3-7(11)12/h1-2,7,11-12H,3-4H2. The van der Waals surface area contributed by atoms with E-state index in [2.05, 4.69) is 0 Å². The third-order valence-corrected chi connectivity index (χ3v) is 1.51. The fourth-order valence-corrected chi connectivity index (χ4v) is 0.896. The van der Waals surface area contributed by atoms with Gasteiger partial charge in [-0.3, -0.25) is 14.5 Å². The van der Waals surface area contributed by atoms with E-state index in [-0.39, 0.29) is 13.0 Å². The maximum Gasteiger partial charge on any atom is 0.253 e. The molecule has 0 fully saturated rings. The van der Waals surface area contributed by atoms with Crippen LogP contribution in [-0.4, -0.2) is 39.8 Å². The summed E-state index contributed by atoms with van der Waals surface area (Å²) in [6, 6.07) is 0. The first-order valence-electron chi connectivity index (χ1n) is 3.51. The second-order valence-electron chi connectivity index (χ2n) is 2.43. The van der Waals surface area contributed by atoms with Crippen LogP contribution in [-0.2, 0) is 9.59 Å². The van der Waals surface area contributed by atoms with E-state index >= 15 is 0 Å². The number of hydrogen-bond acceptors (Lipinski definition) is 4. The highest BCUT2D eigenvalue weighted by Gasteiger charge is 2.22. The average molecular weight is 171 g/mol. The molecule has 5 heteroatoms. The molecular formula is C7H9NO4. The van der Waals surface area contributed by atoms with Gasteiger partial charge in [-0.25, -0.2) is 0 Å². The Morgan fingerprint density at radius 1 is 1.25 bits per heavy atom. The van der Waals surface area contributed by atoms with E-state index in [4.69, 9.17) is 10.2 Å². The molecule has 1 rings (SSSR count). The van der Waals surface area contributed by atoms with Crippen molar-refractivity contribution in [2.24, 2.45) is 0 Å². The molecule has 0 atom stereocenters. The first-order valence-corrected chi connectivity index (χ1v) is 3.51. The van der Waals surface area contributed by atoms with E-state index in [0.717, 1.165) is 17.1 Å². The van der Waals surface area contributed by atoms with Gasteiger partial charge < -0.3 is 10.2 Å². The molecule has 1 aliphatic heterocycles. The van der Waals surface area contributed by atoms with Gasteiger partial charge in [0.25, 0.3) is 11.8 Å². The van der Waals surface area contributed by atoms with Gasteiger partial charge in [0, 0.05) is 25.1 Å². The molecule has 1 aliphatic rings. The summed E-state index contributed by atoms with van der Waals surface area (Å²) in [7, 11) is 0. The minimum absolute atomic E-state index is 0.0147. The van der Waals surface area contributed by atoms with Crippen LogP contribution < -0.4 is 0 Å². The topological polar surface area (TPSA) is 77.8 Å². The largest absolute Gasteiger partial charge is 0.368 e. The SMILES string of the molecule is O=C1C=CC(=O)N1CCC(O)O. The lowest BCUT2D eigenvalue weighted by Crippen LogP contribution is -2.32. The van der Waals surface area contributed by atoms with Gasteiger partial charge >= 0.3 is 0 Å². The van der Waals surface area contributed by atoms with Gasteiger partial charge in [-0.2, -0.15) is 0 Å². The van der Waals surface area contributed by atoms with E-state index in [1.807, 2.05) is 0 Å². The van der Waals surface area contributed by atoms with Crippen molar-refractivity contribution in [2.45, 2.75) is 12.7 Å². The summed E-state index contributed by atoms with van der Waals surface area (Å²) < 4.78 is 0. The van der Waals surface area contributed by atoms with Gasteiger partial charge in [0.1, 0.15) is 0 Å². The Bertz CT molecular complexity index is 216. The molecule has 0 unspecified atom stereocenters. The summed E-state index contributed by atoms with van der Waals surface area (Å²) in [6.07, 6.45) is 0.823. The van der Waals surface area contributed by atoms with Crippen LogP contribution in [0.4, 0.5) is 0 Å². The molecule has 0 spiro atoms. The lowest BCUT2D eigenvalue weighted by Gasteiger charge is -2.13. The number of hydrogen-bond donors (Lipinski definition) is 2. The molecule has 0 saturated carbocycles. The first-order chi connectivity index (χ1) is 5.61. The van der Waals surface area contributed by atoms with Crippen LogP contribution in [0.5, 0.6) is 0 Å². The molecule has 0 bridgehead atoms. The molecule has 5 nitrogen and oxygen atoms in total. The lowest BCUT2D eigenvalue weighted by molar-refractivity contribution is -0.138. The summed E-state index contributed by atoms with van der Waals surface area (Å²) in [5.74, 6) is -0.804. The first kappa shape index (κ1) is 8.89. The van der Waals surface area contributed by atoms with Crippen LogP contribution in [0, 0.1) is 0 Å². The second kappa shape index (κ2) is 3.46. The molecule has 2 N–H and O–H groups in total. The van der Waals surface area contributed by atoms with Crippen LogP contribution in [0.2, 0.25) is 0 Å². The van der Waals surface area contributed by atoms with Gasteiger partial charge in [0.15, 0.2) is 6.29 Å². The van der Waals surface area contributed by atoms with Gasteiger partial charge in [-0.05, 0) is 0 Å². The minimum Gasteiger partial charge on any atom is -0.368 e. The quantitative estimate of drug-likeness (QED) is 0.405. The molecule has 0 aromatic heterocycles. The molecule has 0 aliphatic carbocycles. The highest BCUT2D eigenvalue weighted by molar-refractivity contribution is 6.12. The molecule has 12 heavy (non-hydrogen) atoms. The van der Waals surface area contributed by atoms with E-state index in [1.54, 1.807) is 0 Å². The third-order valence-electron chi connectivity index (χ3n) is 1.51. The Hall–Kier alpha value is -1.20. The third kappa shape index (κ3) is 1.90. The van der Waals surface area contributed by atoms with Crippen molar-refractivity contribution in [2.75, 3.05) is 6.54 Å². The predicted octanol–water partition coefficient (Wildman–Crippen LogP) is -1.39. The van der Waals surface area contributed by atoms with Crippen molar-refractivity contribution >= 4 is 11.8 Å². The highest BCUT2D eigenvalue weighted by Crippen LogP contribution is 2.04. The number of imide groups is 1. The Labute approximate surface area is 68.9 Å². The van der Waals surface area contributed by atoms with Gasteiger partial charge in [-0.1, -0.05) is 0 Å². The number of nitrogens with zero attached hydrogens (tertiary/aromatic N) is 1. The highest BCUT2D eigenvalue weighted by atomic mass is 16.5. The Balaban J connectivity index is 2.43. The van der Waals surface area contributed by atoms with E-state index in [1.165, 1.54) is 0 Å². The zero-order valence-corrected chi connectivity index (χ0v) is 6.30. The van der Waals surface area contributed by atoms with Crippen LogP contribution in [0.1, 0.15) is 6.42 Å². The van der Waals surface area contributed by atoms with Crippen LogP contribution >= 0.6 is 0 Å². The molecule has 0 aromatic rings. The Kier molecular flexibility index (Phi) is 2.57. The Morgan fingerprint density at radius 3 is 2.17 bits per heavy atom. The van der Waals surface area contributed by atoms with Crippen molar-refractivity contribution in [3.05, 3.63) is 12.2 Å². The predicted molar refractivity (Wildman–Crippen MR) is 38.7 cm³/mol. The molecule has 0 saturated heterocycles. The number of carbonyl (C=O) groups excluding carboxylic acids is 2. The summed E-state index contributed by atoms with van der Waals surface area (Å²) >= 11 is 0. The van der Waals surface area contributed by atoms with Crippen molar-refractivity contribution in [3.8, 4) is 0 Å². The number of rotatable bonds is 3. The summed E-state index contributed by atoms with van der Waals surface area (Å²) in [5, 5.41) is 16.9. The van der Waals surface area contributed by atoms with Gasteiger partial charge in [0.2, 0.25) is 0 Å². The minimum atomic E-state index is -1.48. The zero-order chi connectivity index (χ0) is 9.14. The Morgan fingerprint density at radius 2 is 1.75 bits per heavy atom. The van der Waals surface area contributed by atoms with Crippen molar-refractivity contribution < 1.29 is 19.8 Å². The van der Waals surface area contributed by atoms with E-state index in [9.17, 15) is 9.59 Å². The van der Waals surface area contributed by atoms with E-state index in [0.29, 0.717) is 0 Å². The summed E-state index contributed by atoms with van der Waals surface area (Å²) in [4.78, 5) is 22.7. The maximum atomic E-state index is 10.9. The molecule has 0 radical (unpaired) electrons. The van der Waals surface area contributed by atoms with E-state index < -0.39 is 18.1 Å². The van der Waals surface area contributed by atoms with Gasteiger partial charge in [0.05, 0.1) is 0 Å². The van der Waals surface area contributed by atoms with Crippen molar-refractivity contribution in [1.29, 1.82) is 0 Å². The smallest absolute Gasteiger partial charge is 0.253 e. The van der Waals surface area contributed by atoms with Gasteiger partial charge in [-0.15, -0.1) is 0 Å². The molecular weight excluding hydrogens is 162 g/mol. The number of carbonyl (C=O) groups is 2. The van der Waals surface area contributed by atoms with Crippen molar-refractivity contribution in [3.63, 3.8) is 0 Å². The fourth-order valence-electron chi connectivity index (χ4n) is 0.896. The maximum absolute atomic E-state index is 10.9. The number of aliphatic hydroxyl groups is 2. The van der Waals surface area contributed by atoms with Crippen molar-refractivity contribution in [1.82, 2.24) is 4.90 Å².